The quantitative estimate of drug-likeness (QED) is 0.713. The molecule has 0 aromatic heterocycles. The molecule has 0 unspecified atom stereocenters. The van der Waals surface area contributed by atoms with Gasteiger partial charge in [-0.2, -0.15) is 13.2 Å². The lowest BCUT2D eigenvalue weighted by atomic mass is 9.75. The van der Waals surface area contributed by atoms with Crippen LogP contribution in [0.2, 0.25) is 0 Å². The number of nitrogens with one attached hydrogen (secondary N) is 1. The van der Waals surface area contributed by atoms with Gasteiger partial charge in [0.2, 0.25) is 0 Å². The Bertz CT molecular complexity index is 461. The molecule has 0 radical (unpaired) electrons. The topological polar surface area (TPSA) is 12.0 Å². The van der Waals surface area contributed by atoms with Crippen LogP contribution in [0.15, 0.2) is 29.2 Å². The fourth-order valence-electron chi connectivity index (χ4n) is 2.63. The fourth-order valence-corrected chi connectivity index (χ4v) is 3.41. The Hall–Kier alpha value is -0.840. The first-order chi connectivity index (χ1) is 9.75. The van der Waals surface area contributed by atoms with Crippen molar-refractivity contribution in [3.05, 3.63) is 24.3 Å². The highest BCUT2D eigenvalue weighted by atomic mass is 32.2. The molecule has 5 heteroatoms. The van der Waals surface area contributed by atoms with Gasteiger partial charge in [0.1, 0.15) is 0 Å². The minimum Gasteiger partial charge on any atom is -0.381 e. The monoisotopic (exact) mass is 317 g/mol. The van der Waals surface area contributed by atoms with Crippen LogP contribution < -0.4 is 5.32 Å². The Morgan fingerprint density at radius 3 is 2.43 bits per heavy atom. The van der Waals surface area contributed by atoms with Crippen molar-refractivity contribution in [3.63, 3.8) is 0 Å². The first-order valence-corrected chi connectivity index (χ1v) is 8.29. The molecule has 0 bridgehead atoms. The second-order valence-electron chi connectivity index (χ2n) is 6.48. The largest absolute Gasteiger partial charge is 0.398 e. The van der Waals surface area contributed by atoms with Crippen molar-refractivity contribution in [2.75, 3.05) is 11.1 Å². The summed E-state index contributed by atoms with van der Waals surface area (Å²) in [7, 11) is 0. The van der Waals surface area contributed by atoms with E-state index in [4.69, 9.17) is 0 Å². The van der Waals surface area contributed by atoms with Gasteiger partial charge in [0.15, 0.2) is 0 Å². The molecule has 0 atom stereocenters. The summed E-state index contributed by atoms with van der Waals surface area (Å²) in [5.41, 5.74) is 1.22. The fraction of sp³-hybridized carbons (Fsp3) is 0.625. The number of rotatable bonds is 4. The summed E-state index contributed by atoms with van der Waals surface area (Å²) in [4.78, 5) is 0.680. The van der Waals surface area contributed by atoms with Crippen LogP contribution in [0.4, 0.5) is 18.9 Å². The molecule has 1 saturated carbocycles. The molecule has 1 aromatic rings. The highest BCUT2D eigenvalue weighted by Crippen LogP contribution is 2.38. The Morgan fingerprint density at radius 1 is 1.19 bits per heavy atom. The third-order valence-corrected chi connectivity index (χ3v) is 5.12. The van der Waals surface area contributed by atoms with Crippen molar-refractivity contribution in [1.82, 2.24) is 0 Å². The summed E-state index contributed by atoms with van der Waals surface area (Å²) in [5.74, 6) is -0.844. The van der Waals surface area contributed by atoms with Crippen molar-refractivity contribution in [2.24, 2.45) is 5.41 Å². The SMILES string of the molecule is CC1(C)CCC(Nc2ccccc2SCC(F)(F)F)CC1. The standard InChI is InChI=1S/C16H22F3NS/c1-15(2)9-7-12(8-10-15)20-13-5-3-4-6-14(13)21-11-16(17,18)19/h3-6,12,20H,7-11H2,1-2H3. The van der Waals surface area contributed by atoms with Crippen LogP contribution in [0.25, 0.3) is 0 Å². The number of anilines is 1. The average Bonchev–Trinajstić information content (AvgIpc) is 2.39. The van der Waals surface area contributed by atoms with E-state index in [1.54, 1.807) is 12.1 Å². The van der Waals surface area contributed by atoms with E-state index in [0.29, 0.717) is 16.4 Å². The number of halogens is 3. The third-order valence-electron chi connectivity index (χ3n) is 3.98. The van der Waals surface area contributed by atoms with E-state index in [0.717, 1.165) is 43.1 Å². The molecule has 118 valence electrons. The minimum absolute atomic E-state index is 0.366. The van der Waals surface area contributed by atoms with Gasteiger partial charge in [-0.15, -0.1) is 11.8 Å². The van der Waals surface area contributed by atoms with Crippen molar-refractivity contribution < 1.29 is 13.2 Å². The molecule has 1 aromatic carbocycles. The van der Waals surface area contributed by atoms with Crippen molar-refractivity contribution in [3.8, 4) is 0 Å². The van der Waals surface area contributed by atoms with Crippen molar-refractivity contribution >= 4 is 17.4 Å². The molecule has 0 heterocycles. The first-order valence-electron chi connectivity index (χ1n) is 7.30. The second kappa shape index (κ2) is 6.51. The number of hydrogen-bond acceptors (Lipinski definition) is 2. The molecule has 1 nitrogen and oxygen atoms in total. The molecule has 0 spiro atoms. The summed E-state index contributed by atoms with van der Waals surface area (Å²) >= 11 is 0.855. The van der Waals surface area contributed by atoms with E-state index in [1.165, 1.54) is 0 Å². The lowest BCUT2D eigenvalue weighted by Gasteiger charge is -2.35. The third kappa shape index (κ3) is 5.46. The normalized spacial score (nSPS) is 19.5. The maximum Gasteiger partial charge on any atom is 0.398 e. The number of benzene rings is 1. The zero-order valence-corrected chi connectivity index (χ0v) is 13.3. The van der Waals surface area contributed by atoms with E-state index in [2.05, 4.69) is 19.2 Å². The first kappa shape index (κ1) is 16.5. The van der Waals surface area contributed by atoms with Gasteiger partial charge >= 0.3 is 6.18 Å². The molecule has 0 saturated heterocycles. The van der Waals surface area contributed by atoms with E-state index in [-0.39, 0.29) is 0 Å². The second-order valence-corrected chi connectivity index (χ2v) is 7.50. The summed E-state index contributed by atoms with van der Waals surface area (Å²) in [6.07, 6.45) is 0.328. The Kier molecular flexibility index (Phi) is 5.12. The number of para-hydroxylation sites is 1. The van der Waals surface area contributed by atoms with E-state index >= 15 is 0 Å². The van der Waals surface area contributed by atoms with Crippen LogP contribution in [0, 0.1) is 5.41 Å². The molecular formula is C16H22F3NS. The van der Waals surface area contributed by atoms with Gasteiger partial charge in [-0.25, -0.2) is 0 Å². The minimum atomic E-state index is -4.13. The smallest absolute Gasteiger partial charge is 0.381 e. The lowest BCUT2D eigenvalue weighted by Crippen LogP contribution is -2.30. The van der Waals surface area contributed by atoms with E-state index in [9.17, 15) is 13.2 Å². The zero-order valence-electron chi connectivity index (χ0n) is 12.5. The highest BCUT2D eigenvalue weighted by Gasteiger charge is 2.29. The zero-order chi connectivity index (χ0) is 15.5. The molecular weight excluding hydrogens is 295 g/mol. The average molecular weight is 317 g/mol. The van der Waals surface area contributed by atoms with Gasteiger partial charge in [0.05, 0.1) is 5.75 Å². The number of hydrogen-bond donors (Lipinski definition) is 1. The molecule has 1 N–H and O–H groups in total. The predicted molar refractivity (Wildman–Crippen MR) is 82.9 cm³/mol. The van der Waals surface area contributed by atoms with Crippen molar-refractivity contribution in [1.29, 1.82) is 0 Å². The summed E-state index contributed by atoms with van der Waals surface area (Å²) in [6, 6.07) is 7.65. The van der Waals surface area contributed by atoms with Crippen LogP contribution in [-0.4, -0.2) is 18.0 Å². The van der Waals surface area contributed by atoms with Crippen molar-refractivity contribution in [2.45, 2.75) is 56.6 Å². The Balaban J connectivity index is 1.97. The number of thioether (sulfide) groups is 1. The van der Waals surface area contributed by atoms with Crippen LogP contribution in [0.5, 0.6) is 0 Å². The maximum absolute atomic E-state index is 12.4. The van der Waals surface area contributed by atoms with Gasteiger partial charge in [-0.3, -0.25) is 0 Å². The summed E-state index contributed by atoms with van der Waals surface area (Å²) in [5, 5.41) is 3.44. The lowest BCUT2D eigenvalue weighted by molar-refractivity contribution is -0.105. The Morgan fingerprint density at radius 2 is 1.81 bits per heavy atom. The molecule has 1 fully saturated rings. The van der Waals surface area contributed by atoms with Gasteiger partial charge < -0.3 is 5.32 Å². The molecule has 1 aliphatic rings. The van der Waals surface area contributed by atoms with E-state index < -0.39 is 11.9 Å². The van der Waals surface area contributed by atoms with Gasteiger partial charge in [0, 0.05) is 16.6 Å². The molecule has 1 aliphatic carbocycles. The Labute approximate surface area is 128 Å². The van der Waals surface area contributed by atoms with Gasteiger partial charge in [0.25, 0.3) is 0 Å². The van der Waals surface area contributed by atoms with E-state index in [1.807, 2.05) is 12.1 Å². The van der Waals surface area contributed by atoms with Crippen LogP contribution in [-0.2, 0) is 0 Å². The van der Waals surface area contributed by atoms with Gasteiger partial charge in [-0.1, -0.05) is 26.0 Å². The molecule has 21 heavy (non-hydrogen) atoms. The molecule has 2 rings (SSSR count). The molecule has 0 amide bonds. The molecule has 0 aliphatic heterocycles. The van der Waals surface area contributed by atoms with Crippen LogP contribution in [0.3, 0.4) is 0 Å². The maximum atomic E-state index is 12.4. The number of alkyl halides is 3. The predicted octanol–water partition coefficient (Wildman–Crippen LogP) is 5.72. The summed E-state index contributed by atoms with van der Waals surface area (Å²) in [6.45, 7) is 4.55. The van der Waals surface area contributed by atoms with Gasteiger partial charge in [-0.05, 0) is 43.2 Å². The van der Waals surface area contributed by atoms with Crippen LogP contribution >= 0.6 is 11.8 Å². The highest BCUT2D eigenvalue weighted by molar-refractivity contribution is 7.99. The summed E-state index contributed by atoms with van der Waals surface area (Å²) < 4.78 is 37.1. The van der Waals surface area contributed by atoms with Crippen LogP contribution in [0.1, 0.15) is 39.5 Å².